The molecule has 4 rings (SSSR count). The van der Waals surface area contributed by atoms with E-state index in [0.717, 1.165) is 36.1 Å². The lowest BCUT2D eigenvalue weighted by molar-refractivity contribution is 0.0834. The zero-order valence-corrected chi connectivity index (χ0v) is 14.8. The van der Waals surface area contributed by atoms with Crippen molar-refractivity contribution in [2.24, 2.45) is 5.92 Å². The summed E-state index contributed by atoms with van der Waals surface area (Å²) in [4.78, 5) is 15.3. The lowest BCUT2D eigenvalue weighted by atomic mass is 9.85. The van der Waals surface area contributed by atoms with Crippen LogP contribution in [0, 0.1) is 12.8 Å². The third kappa shape index (κ3) is 2.66. The lowest BCUT2D eigenvalue weighted by Gasteiger charge is -2.34. The average molecular weight is 370 g/mol. The Hall–Kier alpha value is -1.45. The molecule has 0 amide bonds. The number of ketones is 1. The number of likely N-dealkylation sites (tertiary alicyclic amines) is 1. The van der Waals surface area contributed by atoms with Crippen molar-refractivity contribution in [2.75, 3.05) is 13.1 Å². The van der Waals surface area contributed by atoms with Gasteiger partial charge in [0, 0.05) is 35.0 Å². The molecule has 1 aliphatic carbocycles. The molecule has 0 radical (unpaired) electrons. The summed E-state index contributed by atoms with van der Waals surface area (Å²) in [5.74, 6) is 0.873. The van der Waals surface area contributed by atoms with E-state index >= 15 is 0 Å². The number of fused-ring (bicyclic) bond motifs is 3. The highest BCUT2D eigenvalue weighted by atomic mass is 79.9. The molecule has 1 saturated heterocycles. The summed E-state index contributed by atoms with van der Waals surface area (Å²) in [6.07, 6.45) is 0.969. The van der Waals surface area contributed by atoms with Crippen molar-refractivity contribution in [3.05, 3.63) is 69.2 Å². The van der Waals surface area contributed by atoms with Gasteiger partial charge in [-0.05, 0) is 42.6 Å². The van der Waals surface area contributed by atoms with Crippen LogP contribution in [0.5, 0.6) is 0 Å². The number of hydrogen-bond acceptors (Lipinski definition) is 2. The largest absolute Gasteiger partial charge is 0.298 e. The van der Waals surface area contributed by atoms with Crippen molar-refractivity contribution >= 4 is 21.7 Å². The first-order valence-electron chi connectivity index (χ1n) is 8.24. The monoisotopic (exact) mass is 369 g/mol. The van der Waals surface area contributed by atoms with Gasteiger partial charge in [-0.3, -0.25) is 9.69 Å². The van der Waals surface area contributed by atoms with Crippen molar-refractivity contribution in [3.63, 3.8) is 0 Å². The molecule has 2 nitrogen and oxygen atoms in total. The Labute approximate surface area is 145 Å². The van der Waals surface area contributed by atoms with Crippen LogP contribution in [0.3, 0.4) is 0 Å². The molecule has 0 N–H and O–H groups in total. The number of piperidine rings is 1. The second-order valence-corrected chi connectivity index (χ2v) is 7.65. The maximum atomic E-state index is 12.8. The molecule has 1 heterocycles. The van der Waals surface area contributed by atoms with E-state index in [2.05, 4.69) is 70.2 Å². The van der Waals surface area contributed by atoms with E-state index in [4.69, 9.17) is 0 Å². The fourth-order valence-electron chi connectivity index (χ4n) is 4.14. The number of nitrogens with zero attached hydrogens (tertiary/aromatic N) is 1. The number of carbonyl (C=O) groups excluding carboxylic acids is 1. The molecule has 0 bridgehead atoms. The highest BCUT2D eigenvalue weighted by Crippen LogP contribution is 2.45. The lowest BCUT2D eigenvalue weighted by Crippen LogP contribution is -2.38. The highest BCUT2D eigenvalue weighted by molar-refractivity contribution is 9.10. The quantitative estimate of drug-likeness (QED) is 0.773. The Morgan fingerprint density at radius 3 is 2.74 bits per heavy atom. The SMILES string of the molecule is Cc1cc(Br)c2c(c1)[C@@H]1CN(Cc3ccccc3)CC[C@@H]1C2=O. The minimum atomic E-state index is 0.176. The van der Waals surface area contributed by atoms with Crippen LogP contribution in [0.25, 0.3) is 0 Å². The Morgan fingerprint density at radius 1 is 1.17 bits per heavy atom. The normalized spacial score (nSPS) is 23.7. The molecule has 118 valence electrons. The van der Waals surface area contributed by atoms with Crippen LogP contribution < -0.4 is 0 Å². The standard InChI is InChI=1S/C20H20BrNO/c1-13-9-16-17-12-22(11-14-5-3-2-4-6-14)8-7-15(17)20(23)19(16)18(21)10-13/h2-6,9-10,15,17H,7-8,11-12H2,1H3/t15-,17+/m0/s1. The fraction of sp³-hybridized carbons (Fsp3) is 0.350. The summed E-state index contributed by atoms with van der Waals surface area (Å²) >= 11 is 3.61. The third-order valence-electron chi connectivity index (χ3n) is 5.19. The zero-order chi connectivity index (χ0) is 16.0. The van der Waals surface area contributed by atoms with Gasteiger partial charge in [-0.1, -0.05) is 52.3 Å². The summed E-state index contributed by atoms with van der Waals surface area (Å²) in [6.45, 7) is 5.06. The molecule has 0 unspecified atom stereocenters. The number of rotatable bonds is 2. The minimum absolute atomic E-state index is 0.176. The summed E-state index contributed by atoms with van der Waals surface area (Å²) in [5.41, 5.74) is 4.77. The van der Waals surface area contributed by atoms with Crippen molar-refractivity contribution in [2.45, 2.75) is 25.8 Å². The maximum Gasteiger partial charge on any atom is 0.168 e. The van der Waals surface area contributed by atoms with Gasteiger partial charge in [-0.25, -0.2) is 0 Å². The number of Topliss-reactive ketones (excluding diaryl/α,β-unsaturated/α-hetero) is 1. The summed E-state index contributed by atoms with van der Waals surface area (Å²) in [7, 11) is 0. The van der Waals surface area contributed by atoms with Crippen LogP contribution in [-0.2, 0) is 6.54 Å². The van der Waals surface area contributed by atoms with Gasteiger partial charge < -0.3 is 0 Å². The summed E-state index contributed by atoms with van der Waals surface area (Å²) in [5, 5.41) is 0. The second kappa shape index (κ2) is 5.88. The van der Waals surface area contributed by atoms with Crippen molar-refractivity contribution in [1.82, 2.24) is 4.90 Å². The van der Waals surface area contributed by atoms with Gasteiger partial charge in [0.05, 0.1) is 0 Å². The van der Waals surface area contributed by atoms with Crippen LogP contribution in [0.2, 0.25) is 0 Å². The summed E-state index contributed by atoms with van der Waals surface area (Å²) in [6, 6.07) is 14.9. The van der Waals surface area contributed by atoms with Crippen molar-refractivity contribution in [1.29, 1.82) is 0 Å². The van der Waals surface area contributed by atoms with Gasteiger partial charge in [0.2, 0.25) is 0 Å². The maximum absolute atomic E-state index is 12.8. The molecule has 0 spiro atoms. The molecule has 23 heavy (non-hydrogen) atoms. The number of carbonyl (C=O) groups is 1. The van der Waals surface area contributed by atoms with Gasteiger partial charge in [-0.15, -0.1) is 0 Å². The first-order chi connectivity index (χ1) is 11.1. The Bertz CT molecular complexity index is 756. The first-order valence-corrected chi connectivity index (χ1v) is 9.03. The van der Waals surface area contributed by atoms with Gasteiger partial charge in [0.1, 0.15) is 0 Å². The van der Waals surface area contributed by atoms with Gasteiger partial charge in [-0.2, -0.15) is 0 Å². The first kappa shape index (κ1) is 15.1. The van der Waals surface area contributed by atoms with Crippen LogP contribution in [0.15, 0.2) is 46.9 Å². The minimum Gasteiger partial charge on any atom is -0.298 e. The van der Waals surface area contributed by atoms with Crippen LogP contribution in [0.1, 0.15) is 39.4 Å². The Morgan fingerprint density at radius 2 is 1.96 bits per heavy atom. The van der Waals surface area contributed by atoms with E-state index in [1.165, 1.54) is 16.7 Å². The van der Waals surface area contributed by atoms with Crippen LogP contribution in [-0.4, -0.2) is 23.8 Å². The zero-order valence-electron chi connectivity index (χ0n) is 13.3. The summed E-state index contributed by atoms with van der Waals surface area (Å²) < 4.78 is 0.974. The van der Waals surface area contributed by atoms with E-state index in [0.29, 0.717) is 11.7 Å². The van der Waals surface area contributed by atoms with Crippen LogP contribution >= 0.6 is 15.9 Å². The smallest absolute Gasteiger partial charge is 0.168 e. The predicted molar refractivity (Wildman–Crippen MR) is 95.8 cm³/mol. The van der Waals surface area contributed by atoms with Gasteiger partial charge >= 0.3 is 0 Å². The predicted octanol–water partition coefficient (Wildman–Crippen LogP) is 4.56. The number of halogens is 1. The fourth-order valence-corrected chi connectivity index (χ4v) is 4.93. The molecular formula is C20H20BrNO. The molecule has 1 fully saturated rings. The molecule has 0 aromatic heterocycles. The highest BCUT2D eigenvalue weighted by Gasteiger charge is 2.43. The molecular weight excluding hydrogens is 350 g/mol. The van der Waals surface area contributed by atoms with E-state index in [1.807, 2.05) is 0 Å². The molecule has 2 aliphatic rings. The number of benzene rings is 2. The van der Waals surface area contributed by atoms with E-state index in [9.17, 15) is 4.79 Å². The van der Waals surface area contributed by atoms with Gasteiger partial charge in [0.25, 0.3) is 0 Å². The van der Waals surface area contributed by atoms with E-state index in [-0.39, 0.29) is 5.92 Å². The second-order valence-electron chi connectivity index (χ2n) is 6.80. The van der Waals surface area contributed by atoms with Crippen LogP contribution in [0.4, 0.5) is 0 Å². The third-order valence-corrected chi connectivity index (χ3v) is 5.82. The van der Waals surface area contributed by atoms with Crippen molar-refractivity contribution in [3.8, 4) is 0 Å². The molecule has 3 heteroatoms. The molecule has 2 aromatic rings. The topological polar surface area (TPSA) is 20.3 Å². The Balaban J connectivity index is 1.61. The van der Waals surface area contributed by atoms with E-state index in [1.54, 1.807) is 0 Å². The van der Waals surface area contributed by atoms with Crippen molar-refractivity contribution < 1.29 is 4.79 Å². The molecule has 2 atom stereocenters. The number of hydrogen-bond donors (Lipinski definition) is 0. The molecule has 1 aliphatic heterocycles. The van der Waals surface area contributed by atoms with E-state index < -0.39 is 0 Å². The molecule has 0 saturated carbocycles. The Kier molecular flexibility index (Phi) is 3.86. The average Bonchev–Trinajstić information content (AvgIpc) is 2.81. The number of aryl methyl sites for hydroxylation is 1. The molecule has 2 aromatic carbocycles. The van der Waals surface area contributed by atoms with Gasteiger partial charge in [0.15, 0.2) is 5.78 Å².